The van der Waals surface area contributed by atoms with E-state index in [9.17, 15) is 10.2 Å². The fourth-order valence-corrected chi connectivity index (χ4v) is 1.39. The largest absolute Gasteiger partial charge is 0.394 e. The van der Waals surface area contributed by atoms with Gasteiger partial charge in [0.05, 0.1) is 19.3 Å². The molecule has 0 radical (unpaired) electrons. The first-order chi connectivity index (χ1) is 5.55. The molecule has 0 saturated carbocycles. The number of hydrogen-bond acceptors (Lipinski definition) is 5. The second-order valence-corrected chi connectivity index (χ2v) is 3.15. The smallest absolute Gasteiger partial charge is 0.216 e. The van der Waals surface area contributed by atoms with Crippen LogP contribution in [0.1, 0.15) is 6.92 Å². The predicted octanol–water partition coefficient (Wildman–Crippen LogP) is -1.94. The normalized spacial score (nSPS) is 48.2. The van der Waals surface area contributed by atoms with E-state index in [1.165, 1.54) is 0 Å². The molecule has 0 aromatic carbocycles. The van der Waals surface area contributed by atoms with Crippen LogP contribution in [0.5, 0.6) is 0 Å². The van der Waals surface area contributed by atoms with Crippen LogP contribution in [-0.4, -0.2) is 51.6 Å². The summed E-state index contributed by atoms with van der Waals surface area (Å²) in [7, 11) is 0. The summed E-state index contributed by atoms with van der Waals surface area (Å²) in [4.78, 5) is 0. The maximum atomic E-state index is 9.41. The molecule has 0 amide bonds. The first-order valence-corrected chi connectivity index (χ1v) is 3.85. The summed E-state index contributed by atoms with van der Waals surface area (Å²) in [6.07, 6.45) is -1.77. The highest BCUT2D eigenvalue weighted by atomic mass is 16.7. The zero-order valence-corrected chi connectivity index (χ0v) is 6.84. The molecule has 12 heavy (non-hydrogen) atoms. The van der Waals surface area contributed by atoms with Gasteiger partial charge in [-0.15, -0.1) is 0 Å². The SMILES string of the molecule is CC1[C@@H](O)C(O)(CO)O[C@@H]1CO. The van der Waals surface area contributed by atoms with Crippen LogP contribution in [0.25, 0.3) is 0 Å². The average Bonchev–Trinajstić information content (AvgIpc) is 2.31. The van der Waals surface area contributed by atoms with E-state index >= 15 is 0 Å². The van der Waals surface area contributed by atoms with Gasteiger partial charge in [0.25, 0.3) is 0 Å². The molecule has 0 spiro atoms. The third-order valence-electron chi connectivity index (χ3n) is 2.31. The van der Waals surface area contributed by atoms with E-state index in [0.29, 0.717) is 0 Å². The van der Waals surface area contributed by atoms with Gasteiger partial charge in [0.2, 0.25) is 5.79 Å². The van der Waals surface area contributed by atoms with Gasteiger partial charge in [0, 0.05) is 5.92 Å². The molecule has 1 heterocycles. The lowest BCUT2D eigenvalue weighted by Gasteiger charge is -2.23. The molecule has 1 saturated heterocycles. The van der Waals surface area contributed by atoms with Gasteiger partial charge < -0.3 is 25.2 Å². The van der Waals surface area contributed by atoms with Gasteiger partial charge in [-0.3, -0.25) is 0 Å². The first kappa shape index (κ1) is 9.88. The predicted molar refractivity (Wildman–Crippen MR) is 39.2 cm³/mol. The molecule has 0 bridgehead atoms. The summed E-state index contributed by atoms with van der Waals surface area (Å²) in [5.41, 5.74) is 0. The quantitative estimate of drug-likeness (QED) is 0.395. The molecule has 0 aromatic rings. The van der Waals surface area contributed by atoms with E-state index < -0.39 is 24.6 Å². The van der Waals surface area contributed by atoms with Crippen molar-refractivity contribution in [2.24, 2.45) is 5.92 Å². The Morgan fingerprint density at radius 2 is 2.00 bits per heavy atom. The van der Waals surface area contributed by atoms with Gasteiger partial charge >= 0.3 is 0 Å². The van der Waals surface area contributed by atoms with E-state index in [2.05, 4.69) is 0 Å². The minimum absolute atomic E-state index is 0.277. The Kier molecular flexibility index (Phi) is 2.70. The van der Waals surface area contributed by atoms with E-state index in [0.717, 1.165) is 0 Å². The lowest BCUT2D eigenvalue weighted by molar-refractivity contribution is -0.247. The molecule has 2 unspecified atom stereocenters. The zero-order valence-electron chi connectivity index (χ0n) is 6.84. The summed E-state index contributed by atoms with van der Waals surface area (Å²) in [6.45, 7) is 0.689. The summed E-state index contributed by atoms with van der Waals surface area (Å²) < 4.78 is 4.88. The molecular weight excluding hydrogens is 164 g/mol. The maximum absolute atomic E-state index is 9.41. The average molecular weight is 178 g/mol. The van der Waals surface area contributed by atoms with Crippen molar-refractivity contribution in [1.82, 2.24) is 0 Å². The Balaban J connectivity index is 2.72. The van der Waals surface area contributed by atoms with Crippen molar-refractivity contribution in [3.63, 3.8) is 0 Å². The maximum Gasteiger partial charge on any atom is 0.216 e. The van der Waals surface area contributed by atoms with E-state index in [1.807, 2.05) is 0 Å². The van der Waals surface area contributed by atoms with Crippen LogP contribution in [0, 0.1) is 5.92 Å². The fourth-order valence-electron chi connectivity index (χ4n) is 1.39. The molecule has 4 N–H and O–H groups in total. The van der Waals surface area contributed by atoms with Gasteiger partial charge in [0.15, 0.2) is 0 Å². The molecule has 72 valence electrons. The van der Waals surface area contributed by atoms with Gasteiger partial charge in [-0.25, -0.2) is 0 Å². The lowest BCUT2D eigenvalue weighted by atomic mass is 9.97. The van der Waals surface area contributed by atoms with Gasteiger partial charge in [-0.05, 0) is 0 Å². The van der Waals surface area contributed by atoms with Crippen LogP contribution < -0.4 is 0 Å². The van der Waals surface area contributed by atoms with Gasteiger partial charge in [-0.2, -0.15) is 0 Å². The minimum Gasteiger partial charge on any atom is -0.394 e. The third-order valence-corrected chi connectivity index (χ3v) is 2.31. The lowest BCUT2D eigenvalue weighted by Crippen LogP contribution is -2.44. The van der Waals surface area contributed by atoms with Crippen molar-refractivity contribution >= 4 is 0 Å². The highest BCUT2D eigenvalue weighted by molar-refractivity contribution is 4.92. The Morgan fingerprint density at radius 3 is 2.25 bits per heavy atom. The molecule has 1 fully saturated rings. The van der Waals surface area contributed by atoms with Crippen molar-refractivity contribution in [2.45, 2.75) is 24.9 Å². The van der Waals surface area contributed by atoms with E-state index in [4.69, 9.17) is 14.9 Å². The summed E-state index contributed by atoms with van der Waals surface area (Å²) >= 11 is 0. The molecule has 4 atom stereocenters. The highest BCUT2D eigenvalue weighted by Gasteiger charge is 2.51. The highest BCUT2D eigenvalue weighted by Crippen LogP contribution is 2.32. The van der Waals surface area contributed by atoms with E-state index in [1.54, 1.807) is 6.92 Å². The van der Waals surface area contributed by atoms with Crippen molar-refractivity contribution in [3.8, 4) is 0 Å². The second kappa shape index (κ2) is 3.27. The van der Waals surface area contributed by atoms with Crippen LogP contribution in [0.2, 0.25) is 0 Å². The second-order valence-electron chi connectivity index (χ2n) is 3.15. The Labute approximate surface area is 70.2 Å². The van der Waals surface area contributed by atoms with Gasteiger partial charge in [0.1, 0.15) is 6.10 Å². The molecule has 1 rings (SSSR count). The van der Waals surface area contributed by atoms with Crippen molar-refractivity contribution in [2.75, 3.05) is 13.2 Å². The van der Waals surface area contributed by atoms with Crippen LogP contribution in [0.4, 0.5) is 0 Å². The van der Waals surface area contributed by atoms with Gasteiger partial charge in [-0.1, -0.05) is 6.92 Å². The van der Waals surface area contributed by atoms with Crippen LogP contribution in [0.3, 0.4) is 0 Å². The summed E-state index contributed by atoms with van der Waals surface area (Å²) in [6, 6.07) is 0. The number of aliphatic hydroxyl groups is 4. The molecule has 0 aliphatic carbocycles. The Bertz CT molecular complexity index is 162. The third kappa shape index (κ3) is 1.34. The van der Waals surface area contributed by atoms with Crippen LogP contribution >= 0.6 is 0 Å². The number of rotatable bonds is 2. The summed E-state index contributed by atoms with van der Waals surface area (Å²) in [5, 5.41) is 36.2. The Morgan fingerprint density at radius 1 is 1.42 bits per heavy atom. The summed E-state index contributed by atoms with van der Waals surface area (Å²) in [5.74, 6) is -2.29. The number of ether oxygens (including phenoxy) is 1. The fraction of sp³-hybridized carbons (Fsp3) is 1.00. The molecular formula is C7H14O5. The molecule has 1 aliphatic rings. The van der Waals surface area contributed by atoms with Crippen molar-refractivity contribution in [1.29, 1.82) is 0 Å². The minimum atomic E-state index is -1.91. The Hall–Kier alpha value is -0.200. The van der Waals surface area contributed by atoms with Crippen LogP contribution in [-0.2, 0) is 4.74 Å². The topological polar surface area (TPSA) is 90.2 Å². The monoisotopic (exact) mass is 178 g/mol. The standard InChI is InChI=1S/C7H14O5/c1-4-5(2-8)12-7(11,3-9)6(4)10/h4-6,8-11H,2-3H2,1H3/t4?,5-,6-,7?/m1/s1. The number of aliphatic hydroxyl groups excluding tert-OH is 3. The molecule has 5 heteroatoms. The molecule has 0 aromatic heterocycles. The number of hydrogen-bond donors (Lipinski definition) is 4. The van der Waals surface area contributed by atoms with Crippen LogP contribution in [0.15, 0.2) is 0 Å². The first-order valence-electron chi connectivity index (χ1n) is 3.85. The van der Waals surface area contributed by atoms with Crippen molar-refractivity contribution in [3.05, 3.63) is 0 Å². The molecule has 1 aliphatic heterocycles. The zero-order chi connectivity index (χ0) is 9.35. The van der Waals surface area contributed by atoms with Crippen molar-refractivity contribution < 1.29 is 25.2 Å². The van der Waals surface area contributed by atoms with E-state index in [-0.39, 0.29) is 12.5 Å². The molecule has 5 nitrogen and oxygen atoms in total.